The lowest BCUT2D eigenvalue weighted by Gasteiger charge is -2.31. The number of pyridine rings is 2. The molecule has 2 aromatic heterocycles. The molecule has 0 bridgehead atoms. The van der Waals surface area contributed by atoms with Gasteiger partial charge in [-0.1, -0.05) is 19.1 Å². The summed E-state index contributed by atoms with van der Waals surface area (Å²) in [6.45, 7) is 3.09. The van der Waals surface area contributed by atoms with Crippen LogP contribution in [-0.2, 0) is 70.2 Å². The van der Waals surface area contributed by atoms with E-state index >= 15 is 4.39 Å². The van der Waals surface area contributed by atoms with Gasteiger partial charge in [-0.2, -0.15) is 0 Å². The molecule has 318 valence electrons. The number of nitrogens with two attached hydrogens (primary N) is 1. The summed E-state index contributed by atoms with van der Waals surface area (Å²) in [7, 11) is -3.50. The summed E-state index contributed by atoms with van der Waals surface area (Å²) >= 11 is 0. The Labute approximate surface area is 343 Å². The van der Waals surface area contributed by atoms with Gasteiger partial charge >= 0.3 is 12.1 Å². The van der Waals surface area contributed by atoms with Crippen molar-refractivity contribution in [1.82, 2.24) is 19.8 Å². The molecule has 3 amide bonds. The molecule has 0 unspecified atom stereocenters. The van der Waals surface area contributed by atoms with Crippen molar-refractivity contribution in [2.75, 3.05) is 37.2 Å². The molecule has 7 rings (SSSR count). The molecule has 0 saturated heterocycles. The average Bonchev–Trinajstić information content (AvgIpc) is 3.57. The molecule has 4 heterocycles. The van der Waals surface area contributed by atoms with Crippen LogP contribution in [0.4, 0.5) is 14.9 Å². The van der Waals surface area contributed by atoms with Crippen molar-refractivity contribution in [3.8, 4) is 11.4 Å². The molecule has 1 aliphatic carbocycles. The molecule has 3 aliphatic rings. The van der Waals surface area contributed by atoms with Crippen LogP contribution in [0, 0.1) is 12.7 Å². The number of benzene rings is 2. The van der Waals surface area contributed by atoms with E-state index in [0.29, 0.717) is 63.1 Å². The molecule has 0 fully saturated rings. The van der Waals surface area contributed by atoms with Crippen molar-refractivity contribution in [2.24, 2.45) is 5.73 Å². The van der Waals surface area contributed by atoms with Crippen molar-refractivity contribution < 1.29 is 51.3 Å². The summed E-state index contributed by atoms with van der Waals surface area (Å²) in [5.74, 6) is -2.66. The van der Waals surface area contributed by atoms with Gasteiger partial charge in [-0.15, -0.1) is 0 Å². The van der Waals surface area contributed by atoms with E-state index in [1.807, 2.05) is 0 Å². The maximum Gasteiger partial charge on any atom is 0.411 e. The molecule has 0 saturated carbocycles. The first-order valence-electron chi connectivity index (χ1n) is 19.3. The number of aryl methyl sites for hydroxylation is 1. The number of cyclic esters (lactones) is 1. The van der Waals surface area contributed by atoms with Gasteiger partial charge < -0.3 is 40.3 Å². The molecule has 17 nitrogen and oxygen atoms in total. The molecular formula is C41H45FN6O11S. The average molecular weight is 849 g/mol. The minimum Gasteiger partial charge on any atom is -0.458 e. The number of carbonyl (C=O) groups is 4. The molecule has 5 N–H and O–H groups in total. The fraction of sp³-hybridized carbons (Fsp3) is 0.415. The zero-order chi connectivity index (χ0) is 43.3. The SMILES string of the molecule is CC[C@@]1(O)C(=O)OCc2c1cc1n(c2=O)Cc2c-1nc1cc(F)c(C)c3c1c2[C@@H](NC(=O)COCN(CCS(C)(=O)=O)C(=O)OCc1ccc(NC(=O)[C@H](C)N)cc1)CC3. The van der Waals surface area contributed by atoms with Gasteiger partial charge in [-0.3, -0.25) is 19.3 Å². The molecule has 3 atom stereocenters. The van der Waals surface area contributed by atoms with E-state index in [1.54, 1.807) is 51.1 Å². The van der Waals surface area contributed by atoms with Crippen LogP contribution < -0.4 is 21.9 Å². The van der Waals surface area contributed by atoms with E-state index in [0.717, 1.165) is 16.7 Å². The number of nitrogens with zero attached hydrogens (tertiary/aromatic N) is 3. The van der Waals surface area contributed by atoms with Crippen LogP contribution in [0.1, 0.15) is 71.7 Å². The maximum absolute atomic E-state index is 15.3. The first-order valence-corrected chi connectivity index (χ1v) is 21.4. The zero-order valence-electron chi connectivity index (χ0n) is 33.4. The Morgan fingerprint density at radius 1 is 1.17 bits per heavy atom. The molecule has 0 spiro atoms. The van der Waals surface area contributed by atoms with E-state index in [2.05, 4.69) is 10.6 Å². The van der Waals surface area contributed by atoms with E-state index in [-0.39, 0.29) is 49.8 Å². The third kappa shape index (κ3) is 8.09. The summed E-state index contributed by atoms with van der Waals surface area (Å²) in [4.78, 5) is 71.0. The lowest BCUT2D eigenvalue weighted by Crippen LogP contribution is -2.44. The number of esters is 1. The normalized spacial score (nSPS) is 18.2. The number of aromatic nitrogens is 2. The Morgan fingerprint density at radius 2 is 1.90 bits per heavy atom. The first kappa shape index (κ1) is 42.4. The second-order valence-corrected chi connectivity index (χ2v) is 17.6. The Kier molecular flexibility index (Phi) is 11.6. The van der Waals surface area contributed by atoms with E-state index < -0.39 is 76.0 Å². The number of anilines is 1. The van der Waals surface area contributed by atoms with Gasteiger partial charge in [-0.25, -0.2) is 27.4 Å². The number of carbonyl (C=O) groups excluding carboxylic acids is 4. The number of fused-ring (bicyclic) bond motifs is 5. The van der Waals surface area contributed by atoms with E-state index in [1.165, 1.54) is 10.6 Å². The number of hydrogen-bond acceptors (Lipinski definition) is 13. The predicted molar refractivity (Wildman–Crippen MR) is 215 cm³/mol. The molecule has 19 heteroatoms. The van der Waals surface area contributed by atoms with Crippen LogP contribution in [0.2, 0.25) is 0 Å². The topological polar surface area (TPSA) is 239 Å². The quantitative estimate of drug-likeness (QED) is 0.0986. The van der Waals surface area contributed by atoms with Gasteiger partial charge in [-0.05, 0) is 73.6 Å². The minimum absolute atomic E-state index is 0.0429. The van der Waals surface area contributed by atoms with Crippen molar-refractivity contribution in [2.45, 2.75) is 77.5 Å². The standard InChI is InChI=1S/C41H45FN6O11S/c1-5-41(54)28-14-32-36-26(16-48(32)38(51)27(28)18-58-39(41)52)35-30(11-10-25-21(2)29(42)15-31(46-36)34(25)35)45-33(49)19-57-20-47(12-13-60(4,55)56)40(53)59-17-23-6-8-24(9-7-23)44-37(50)22(3)43/h6-9,14-15,22,30,54H,5,10-13,16-20,43H2,1-4H3,(H,44,50)(H,45,49)/t22-,30-,41-/m0/s1. The van der Waals surface area contributed by atoms with Gasteiger partial charge in [0, 0.05) is 41.1 Å². The number of amides is 3. The summed E-state index contributed by atoms with van der Waals surface area (Å²) < 4.78 is 57.0. The summed E-state index contributed by atoms with van der Waals surface area (Å²) in [6.07, 6.45) is 0.850. The van der Waals surface area contributed by atoms with Crippen LogP contribution in [-0.4, -0.2) is 89.8 Å². The number of rotatable bonds is 13. The predicted octanol–water partition coefficient (Wildman–Crippen LogP) is 2.57. The summed E-state index contributed by atoms with van der Waals surface area (Å²) in [5.41, 5.74) is 7.84. The minimum atomic E-state index is -3.50. The highest BCUT2D eigenvalue weighted by Crippen LogP contribution is 2.46. The Hall–Kier alpha value is -5.76. The number of sulfone groups is 1. The smallest absolute Gasteiger partial charge is 0.411 e. The van der Waals surface area contributed by atoms with Gasteiger partial charge in [0.2, 0.25) is 11.8 Å². The Bertz CT molecular complexity index is 2610. The van der Waals surface area contributed by atoms with Gasteiger partial charge in [0.25, 0.3) is 5.56 Å². The largest absolute Gasteiger partial charge is 0.458 e. The molecule has 60 heavy (non-hydrogen) atoms. The van der Waals surface area contributed by atoms with E-state index in [9.17, 15) is 37.5 Å². The highest BCUT2D eigenvalue weighted by atomic mass is 32.2. The summed E-state index contributed by atoms with van der Waals surface area (Å²) in [5, 5.41) is 17.6. The van der Waals surface area contributed by atoms with Crippen molar-refractivity contribution in [3.05, 3.63) is 91.5 Å². The first-order chi connectivity index (χ1) is 28.4. The van der Waals surface area contributed by atoms with Crippen LogP contribution in [0.15, 0.2) is 41.2 Å². The monoisotopic (exact) mass is 848 g/mol. The number of aliphatic hydroxyl groups is 1. The molecule has 2 aromatic carbocycles. The lowest BCUT2D eigenvalue weighted by atomic mass is 9.81. The Morgan fingerprint density at radius 3 is 2.58 bits per heavy atom. The van der Waals surface area contributed by atoms with Gasteiger partial charge in [0.15, 0.2) is 5.60 Å². The van der Waals surface area contributed by atoms with Gasteiger partial charge in [0.05, 0.1) is 46.8 Å². The van der Waals surface area contributed by atoms with Crippen LogP contribution in [0.25, 0.3) is 22.3 Å². The molecular weight excluding hydrogens is 804 g/mol. The second kappa shape index (κ2) is 16.4. The van der Waals surface area contributed by atoms with Crippen molar-refractivity contribution in [3.63, 3.8) is 0 Å². The van der Waals surface area contributed by atoms with Crippen molar-refractivity contribution in [1.29, 1.82) is 0 Å². The zero-order valence-corrected chi connectivity index (χ0v) is 34.2. The number of halogens is 1. The van der Waals surface area contributed by atoms with Crippen LogP contribution in [0.3, 0.4) is 0 Å². The Balaban J connectivity index is 1.09. The molecule has 2 aliphatic heterocycles. The molecule has 0 radical (unpaired) electrons. The highest BCUT2D eigenvalue weighted by molar-refractivity contribution is 7.90. The fourth-order valence-corrected chi connectivity index (χ4v) is 8.40. The second-order valence-electron chi connectivity index (χ2n) is 15.4. The maximum atomic E-state index is 15.3. The third-order valence-electron chi connectivity index (χ3n) is 11.2. The van der Waals surface area contributed by atoms with Gasteiger partial charge in [0.1, 0.15) is 42.2 Å². The van der Waals surface area contributed by atoms with Crippen molar-refractivity contribution >= 4 is 50.3 Å². The van der Waals surface area contributed by atoms with Crippen LogP contribution >= 0.6 is 0 Å². The number of hydrogen-bond donors (Lipinski definition) is 4. The van der Waals surface area contributed by atoms with Crippen LogP contribution in [0.5, 0.6) is 0 Å². The molecule has 4 aromatic rings. The summed E-state index contributed by atoms with van der Waals surface area (Å²) in [6, 6.07) is 8.01. The number of nitrogens with one attached hydrogen (secondary N) is 2. The number of ether oxygens (including phenoxy) is 3. The highest BCUT2D eigenvalue weighted by Gasteiger charge is 2.46. The lowest BCUT2D eigenvalue weighted by molar-refractivity contribution is -0.172. The fourth-order valence-electron chi connectivity index (χ4n) is 7.84. The van der Waals surface area contributed by atoms with E-state index in [4.69, 9.17) is 24.9 Å². The third-order valence-corrected chi connectivity index (χ3v) is 12.1.